The fourth-order valence-electron chi connectivity index (χ4n) is 2.46. The summed E-state index contributed by atoms with van der Waals surface area (Å²) in [6.07, 6.45) is 4.87. The van der Waals surface area contributed by atoms with Crippen LogP contribution in [0.1, 0.15) is 17.2 Å². The van der Waals surface area contributed by atoms with Crippen molar-refractivity contribution in [1.82, 2.24) is 9.55 Å². The standard InChI is InChI=1S/C18H15Cl3N2O2/c19-15-2-1-3-16(20)14(15)10-25-18(9-23-7-6-22-11-23)13-5-4-12(24)8-17(13)21/h1-8,11,18,24H,9-10H2. The minimum absolute atomic E-state index is 0.101. The molecule has 0 aliphatic carbocycles. The Bertz CT molecular complexity index is 833. The maximum absolute atomic E-state index is 9.58. The molecule has 0 amide bonds. The number of nitrogens with zero attached hydrogens (tertiary/aromatic N) is 2. The second kappa shape index (κ2) is 8.11. The lowest BCUT2D eigenvalue weighted by Gasteiger charge is -2.21. The number of benzene rings is 2. The van der Waals surface area contributed by atoms with Crippen molar-refractivity contribution < 1.29 is 9.84 Å². The van der Waals surface area contributed by atoms with Crippen LogP contribution in [0.15, 0.2) is 55.1 Å². The third-order valence-corrected chi connectivity index (χ3v) is 4.79. The molecule has 3 aromatic rings. The molecule has 0 saturated carbocycles. The quantitative estimate of drug-likeness (QED) is 0.597. The van der Waals surface area contributed by atoms with Gasteiger partial charge in [-0.15, -0.1) is 0 Å². The summed E-state index contributed by atoms with van der Waals surface area (Å²) in [5.74, 6) is 0.101. The Labute approximate surface area is 160 Å². The molecule has 1 aromatic heterocycles. The van der Waals surface area contributed by atoms with Gasteiger partial charge in [0.05, 0.1) is 24.5 Å². The van der Waals surface area contributed by atoms with Crippen LogP contribution >= 0.6 is 34.8 Å². The molecule has 25 heavy (non-hydrogen) atoms. The van der Waals surface area contributed by atoms with Gasteiger partial charge in [0.15, 0.2) is 0 Å². The lowest BCUT2D eigenvalue weighted by molar-refractivity contribution is 0.0281. The summed E-state index contributed by atoms with van der Waals surface area (Å²) >= 11 is 18.7. The third-order valence-electron chi connectivity index (χ3n) is 3.76. The molecule has 0 bridgehead atoms. The highest BCUT2D eigenvalue weighted by molar-refractivity contribution is 6.36. The zero-order valence-corrected chi connectivity index (χ0v) is 15.3. The molecule has 130 valence electrons. The van der Waals surface area contributed by atoms with Crippen molar-refractivity contribution in [2.45, 2.75) is 19.3 Å². The number of hydrogen-bond acceptors (Lipinski definition) is 3. The van der Waals surface area contributed by atoms with E-state index in [1.807, 2.05) is 10.8 Å². The molecule has 7 heteroatoms. The number of imidazole rings is 1. The summed E-state index contributed by atoms with van der Waals surface area (Å²) in [6.45, 7) is 0.738. The van der Waals surface area contributed by atoms with E-state index < -0.39 is 0 Å². The van der Waals surface area contributed by atoms with Crippen molar-refractivity contribution in [3.05, 3.63) is 81.3 Å². The zero-order valence-electron chi connectivity index (χ0n) is 13.1. The van der Waals surface area contributed by atoms with Gasteiger partial charge in [-0.3, -0.25) is 0 Å². The van der Waals surface area contributed by atoms with Crippen molar-refractivity contribution >= 4 is 34.8 Å². The highest BCUT2D eigenvalue weighted by Gasteiger charge is 2.18. The number of rotatable bonds is 6. The molecular formula is C18H15Cl3N2O2. The largest absolute Gasteiger partial charge is 0.508 e. The number of ether oxygens (including phenoxy) is 1. The first-order valence-corrected chi connectivity index (χ1v) is 8.66. The van der Waals surface area contributed by atoms with Crippen LogP contribution < -0.4 is 0 Å². The van der Waals surface area contributed by atoms with E-state index in [2.05, 4.69) is 4.98 Å². The minimum Gasteiger partial charge on any atom is -0.508 e. The first-order chi connectivity index (χ1) is 12.0. The smallest absolute Gasteiger partial charge is 0.117 e. The molecule has 1 unspecified atom stereocenters. The summed E-state index contributed by atoms with van der Waals surface area (Å²) in [7, 11) is 0. The Hall–Kier alpha value is -1.72. The lowest BCUT2D eigenvalue weighted by atomic mass is 10.1. The molecule has 0 fully saturated rings. The van der Waals surface area contributed by atoms with E-state index in [1.54, 1.807) is 42.9 Å². The van der Waals surface area contributed by atoms with E-state index in [0.717, 1.165) is 11.1 Å². The molecular weight excluding hydrogens is 383 g/mol. The van der Waals surface area contributed by atoms with Crippen LogP contribution in [0.2, 0.25) is 15.1 Å². The highest BCUT2D eigenvalue weighted by atomic mass is 35.5. The summed E-state index contributed by atoms with van der Waals surface area (Å²) in [6, 6.07) is 10.1. The molecule has 1 atom stereocenters. The van der Waals surface area contributed by atoms with Gasteiger partial charge in [0.25, 0.3) is 0 Å². The van der Waals surface area contributed by atoms with Gasteiger partial charge in [0.2, 0.25) is 0 Å². The molecule has 0 spiro atoms. The van der Waals surface area contributed by atoms with Gasteiger partial charge in [-0.25, -0.2) is 4.98 Å². The number of phenolic OH excluding ortho intramolecular Hbond substituents is 1. The molecule has 0 radical (unpaired) electrons. The second-order valence-electron chi connectivity index (χ2n) is 5.47. The van der Waals surface area contributed by atoms with Crippen LogP contribution in [0, 0.1) is 0 Å². The van der Waals surface area contributed by atoms with E-state index in [9.17, 15) is 5.11 Å². The summed E-state index contributed by atoms with van der Waals surface area (Å²) in [4.78, 5) is 4.04. The number of phenols is 1. The van der Waals surface area contributed by atoms with Crippen LogP contribution in [0.5, 0.6) is 5.75 Å². The van der Waals surface area contributed by atoms with Gasteiger partial charge in [0, 0.05) is 33.6 Å². The van der Waals surface area contributed by atoms with Gasteiger partial charge in [-0.1, -0.05) is 46.9 Å². The molecule has 1 N–H and O–H groups in total. The first-order valence-electron chi connectivity index (χ1n) is 7.53. The Morgan fingerprint density at radius 2 is 1.84 bits per heavy atom. The van der Waals surface area contributed by atoms with Gasteiger partial charge in [-0.2, -0.15) is 0 Å². The van der Waals surface area contributed by atoms with Crippen molar-refractivity contribution in [3.8, 4) is 5.75 Å². The predicted molar refractivity (Wildman–Crippen MR) is 99.3 cm³/mol. The van der Waals surface area contributed by atoms with Crippen LogP contribution in [-0.4, -0.2) is 14.7 Å². The average Bonchev–Trinajstić information content (AvgIpc) is 3.06. The summed E-state index contributed by atoms with van der Waals surface area (Å²) in [5.41, 5.74) is 1.48. The average molecular weight is 398 g/mol. The number of hydrogen-bond donors (Lipinski definition) is 1. The fourth-order valence-corrected chi connectivity index (χ4v) is 3.26. The van der Waals surface area contributed by atoms with Crippen molar-refractivity contribution in [2.24, 2.45) is 0 Å². The SMILES string of the molecule is Oc1ccc(C(Cn2ccnc2)OCc2c(Cl)cccc2Cl)c(Cl)c1. The van der Waals surface area contributed by atoms with E-state index in [-0.39, 0.29) is 18.5 Å². The predicted octanol–water partition coefficient (Wildman–Crippen LogP) is 5.51. The Balaban J connectivity index is 1.86. The van der Waals surface area contributed by atoms with Crippen molar-refractivity contribution in [2.75, 3.05) is 0 Å². The number of aromatic nitrogens is 2. The highest BCUT2D eigenvalue weighted by Crippen LogP contribution is 2.32. The monoisotopic (exact) mass is 396 g/mol. The van der Waals surface area contributed by atoms with Crippen LogP contribution in [0.4, 0.5) is 0 Å². The van der Waals surface area contributed by atoms with Crippen LogP contribution in [0.3, 0.4) is 0 Å². The van der Waals surface area contributed by atoms with E-state index in [4.69, 9.17) is 39.5 Å². The normalized spacial score (nSPS) is 12.3. The molecule has 4 nitrogen and oxygen atoms in total. The van der Waals surface area contributed by atoms with E-state index in [1.165, 1.54) is 6.07 Å². The lowest BCUT2D eigenvalue weighted by Crippen LogP contribution is -2.13. The van der Waals surface area contributed by atoms with Crippen LogP contribution in [0.25, 0.3) is 0 Å². The topological polar surface area (TPSA) is 47.3 Å². The molecule has 3 rings (SSSR count). The molecule has 2 aromatic carbocycles. The summed E-state index contributed by atoms with van der Waals surface area (Å²) < 4.78 is 7.98. The molecule has 1 heterocycles. The third kappa shape index (κ3) is 4.47. The van der Waals surface area contributed by atoms with Gasteiger partial charge >= 0.3 is 0 Å². The first kappa shape index (κ1) is 18.1. The fraction of sp³-hybridized carbons (Fsp3) is 0.167. The molecule has 0 aliphatic heterocycles. The summed E-state index contributed by atoms with van der Waals surface area (Å²) in [5, 5.41) is 11.1. The minimum atomic E-state index is -0.366. The zero-order chi connectivity index (χ0) is 17.8. The van der Waals surface area contributed by atoms with Crippen molar-refractivity contribution in [3.63, 3.8) is 0 Å². The van der Waals surface area contributed by atoms with Crippen molar-refractivity contribution in [1.29, 1.82) is 0 Å². The van der Waals surface area contributed by atoms with Crippen LogP contribution in [-0.2, 0) is 17.9 Å². The second-order valence-corrected chi connectivity index (χ2v) is 6.69. The van der Waals surface area contributed by atoms with Gasteiger partial charge in [-0.05, 0) is 24.3 Å². The Morgan fingerprint density at radius 1 is 1.08 bits per heavy atom. The molecule has 0 saturated heterocycles. The number of halogens is 3. The Kier molecular flexibility index (Phi) is 5.86. The number of aromatic hydroxyl groups is 1. The molecule has 0 aliphatic rings. The van der Waals surface area contributed by atoms with Gasteiger partial charge in [0.1, 0.15) is 11.9 Å². The maximum Gasteiger partial charge on any atom is 0.117 e. The van der Waals surface area contributed by atoms with E-state index in [0.29, 0.717) is 21.6 Å². The maximum atomic E-state index is 9.58. The van der Waals surface area contributed by atoms with Gasteiger partial charge < -0.3 is 14.4 Å². The Morgan fingerprint density at radius 3 is 2.48 bits per heavy atom. The van der Waals surface area contributed by atoms with E-state index >= 15 is 0 Å².